The molecule has 4 aromatic rings. The second-order valence-electron chi connectivity index (χ2n) is 8.50. The average molecular weight is 447 g/mol. The van der Waals surface area contributed by atoms with Crippen LogP contribution in [0, 0.1) is 27.7 Å². The zero-order chi connectivity index (χ0) is 23.3. The number of hydrogen-bond acceptors (Lipinski definition) is 6. The molecule has 1 aliphatic heterocycles. The molecule has 0 aliphatic carbocycles. The molecule has 2 aromatic carbocycles. The monoisotopic (exact) mass is 447 g/mol. The predicted molar refractivity (Wildman–Crippen MR) is 124 cm³/mol. The van der Waals surface area contributed by atoms with Gasteiger partial charge in [-0.25, -0.2) is 4.79 Å². The van der Waals surface area contributed by atoms with Crippen molar-refractivity contribution < 1.29 is 23.1 Å². The Morgan fingerprint density at radius 3 is 2.45 bits per heavy atom. The van der Waals surface area contributed by atoms with E-state index < -0.39 is 5.63 Å². The van der Waals surface area contributed by atoms with E-state index in [4.69, 9.17) is 18.3 Å². The Bertz CT molecular complexity index is 1480. The van der Waals surface area contributed by atoms with Crippen LogP contribution < -0.4 is 20.4 Å². The van der Waals surface area contributed by atoms with E-state index in [1.807, 2.05) is 52.0 Å². The first-order valence-electron chi connectivity index (χ1n) is 10.9. The first-order chi connectivity index (χ1) is 15.8. The van der Waals surface area contributed by atoms with Crippen molar-refractivity contribution in [2.75, 3.05) is 6.79 Å². The van der Waals surface area contributed by atoms with Crippen LogP contribution in [0.3, 0.4) is 0 Å². The van der Waals surface area contributed by atoms with Gasteiger partial charge < -0.3 is 23.6 Å². The normalized spacial score (nSPS) is 12.6. The highest BCUT2D eigenvalue weighted by Crippen LogP contribution is 2.35. The van der Waals surface area contributed by atoms with E-state index in [2.05, 4.69) is 5.32 Å². The lowest BCUT2D eigenvalue weighted by Crippen LogP contribution is -2.24. The molecule has 0 unspecified atom stereocenters. The van der Waals surface area contributed by atoms with E-state index in [-0.39, 0.29) is 19.1 Å². The molecule has 1 N–H and O–H groups in total. The molecule has 7 heteroatoms. The van der Waals surface area contributed by atoms with E-state index in [0.29, 0.717) is 35.6 Å². The smallest absolute Gasteiger partial charge is 0.339 e. The van der Waals surface area contributed by atoms with Gasteiger partial charge in [-0.3, -0.25) is 4.79 Å². The van der Waals surface area contributed by atoms with Crippen LogP contribution >= 0.6 is 0 Å². The molecule has 0 atom stereocenters. The van der Waals surface area contributed by atoms with Gasteiger partial charge in [0.05, 0.1) is 0 Å². The molecule has 3 heterocycles. The zero-order valence-corrected chi connectivity index (χ0v) is 19.1. The molecule has 0 radical (unpaired) electrons. The van der Waals surface area contributed by atoms with Crippen molar-refractivity contribution in [3.05, 3.63) is 68.3 Å². The number of ether oxygens (including phenoxy) is 2. The number of benzene rings is 2. The number of rotatable bonds is 5. The highest BCUT2D eigenvalue weighted by molar-refractivity contribution is 6.00. The van der Waals surface area contributed by atoms with Crippen LogP contribution in [0.5, 0.6) is 11.5 Å². The van der Waals surface area contributed by atoms with Crippen molar-refractivity contribution in [1.29, 1.82) is 0 Å². The summed E-state index contributed by atoms with van der Waals surface area (Å²) in [5.74, 6) is 2.10. The fraction of sp³-hybridized carbons (Fsp3) is 0.308. The largest absolute Gasteiger partial charge is 0.461 e. The summed E-state index contributed by atoms with van der Waals surface area (Å²) in [6.45, 7) is 8.34. The zero-order valence-electron chi connectivity index (χ0n) is 19.1. The number of carbonyl (C=O) groups is 1. The van der Waals surface area contributed by atoms with Crippen LogP contribution in [0.2, 0.25) is 0 Å². The van der Waals surface area contributed by atoms with Gasteiger partial charge in [-0.1, -0.05) is 6.07 Å². The molecule has 7 nitrogen and oxygen atoms in total. The van der Waals surface area contributed by atoms with Crippen LogP contribution in [0.25, 0.3) is 21.9 Å². The topological polar surface area (TPSA) is 90.9 Å². The minimum atomic E-state index is -0.411. The summed E-state index contributed by atoms with van der Waals surface area (Å²) in [7, 11) is 0. The van der Waals surface area contributed by atoms with Crippen LogP contribution in [0.1, 0.15) is 40.0 Å². The van der Waals surface area contributed by atoms with E-state index >= 15 is 0 Å². The Labute approximate surface area is 190 Å². The third-order valence-electron chi connectivity index (χ3n) is 6.47. The number of hydrogen-bond donors (Lipinski definition) is 1. The number of furan rings is 1. The fourth-order valence-electron chi connectivity index (χ4n) is 4.36. The van der Waals surface area contributed by atoms with Crippen molar-refractivity contribution in [3.63, 3.8) is 0 Å². The van der Waals surface area contributed by atoms with Crippen molar-refractivity contribution in [2.24, 2.45) is 0 Å². The van der Waals surface area contributed by atoms with Crippen LogP contribution in [-0.2, 0) is 17.8 Å². The maximum Gasteiger partial charge on any atom is 0.339 e. The van der Waals surface area contributed by atoms with Gasteiger partial charge in [0, 0.05) is 34.9 Å². The minimum Gasteiger partial charge on any atom is -0.461 e. The van der Waals surface area contributed by atoms with Crippen molar-refractivity contribution >= 4 is 27.8 Å². The highest BCUT2D eigenvalue weighted by atomic mass is 16.7. The van der Waals surface area contributed by atoms with Gasteiger partial charge >= 0.3 is 5.63 Å². The maximum absolute atomic E-state index is 12.8. The van der Waals surface area contributed by atoms with Crippen molar-refractivity contribution in [2.45, 2.75) is 47.1 Å². The molecule has 33 heavy (non-hydrogen) atoms. The van der Waals surface area contributed by atoms with E-state index in [9.17, 15) is 9.59 Å². The molecule has 2 aromatic heterocycles. The van der Waals surface area contributed by atoms with Gasteiger partial charge in [-0.15, -0.1) is 0 Å². The Hall–Kier alpha value is -3.74. The Morgan fingerprint density at radius 2 is 1.64 bits per heavy atom. The van der Waals surface area contributed by atoms with Crippen LogP contribution in [0.15, 0.2) is 37.9 Å². The molecule has 170 valence electrons. The molecule has 0 fully saturated rings. The Balaban J connectivity index is 1.35. The lowest BCUT2D eigenvalue weighted by molar-refractivity contribution is -0.121. The average Bonchev–Trinajstić information content (AvgIpc) is 3.37. The van der Waals surface area contributed by atoms with E-state index in [0.717, 1.165) is 44.4 Å². The predicted octanol–water partition coefficient (Wildman–Crippen LogP) is 4.75. The van der Waals surface area contributed by atoms with E-state index in [1.165, 1.54) is 0 Å². The van der Waals surface area contributed by atoms with Crippen molar-refractivity contribution in [3.8, 4) is 11.5 Å². The number of fused-ring (bicyclic) bond motifs is 3. The molecule has 1 amide bonds. The van der Waals surface area contributed by atoms with Gasteiger partial charge in [0.2, 0.25) is 12.7 Å². The lowest BCUT2D eigenvalue weighted by Gasteiger charge is -2.10. The van der Waals surface area contributed by atoms with Gasteiger partial charge in [0.25, 0.3) is 0 Å². The van der Waals surface area contributed by atoms with Gasteiger partial charge in [0.15, 0.2) is 11.5 Å². The third kappa shape index (κ3) is 3.63. The molecule has 0 saturated carbocycles. The molecular formula is C26H25NO6. The summed E-state index contributed by atoms with van der Waals surface area (Å²) in [6.07, 6.45) is 0.490. The van der Waals surface area contributed by atoms with Gasteiger partial charge in [-0.05, 0) is 69.0 Å². The summed E-state index contributed by atoms with van der Waals surface area (Å²) in [6, 6.07) is 7.59. The number of carbonyl (C=O) groups excluding carboxylic acids is 1. The number of amides is 1. The third-order valence-corrected chi connectivity index (χ3v) is 6.47. The minimum absolute atomic E-state index is 0.139. The van der Waals surface area contributed by atoms with Gasteiger partial charge in [0.1, 0.15) is 16.9 Å². The van der Waals surface area contributed by atoms with Crippen LogP contribution in [0.4, 0.5) is 0 Å². The maximum atomic E-state index is 12.8. The Morgan fingerprint density at radius 1 is 0.909 bits per heavy atom. The molecular weight excluding hydrogens is 422 g/mol. The molecule has 0 bridgehead atoms. The molecule has 5 rings (SSSR count). The fourth-order valence-corrected chi connectivity index (χ4v) is 4.36. The highest BCUT2D eigenvalue weighted by Gasteiger charge is 2.19. The standard InChI is InChI=1S/C26H25NO6/c1-13-16(4)32-24-15(3)25-20(10-19(13)24)14(2)18(26(29)33-25)6-8-23(28)27-11-17-5-7-21-22(9-17)31-12-30-21/h5,7,9-10H,6,8,11-12H2,1-4H3,(H,27,28). The quantitative estimate of drug-likeness (QED) is 0.444. The SMILES string of the molecule is Cc1oc2c(C)c3oc(=O)c(CCC(=O)NCc4ccc5c(c4)OCO5)c(C)c3cc2c1C. The number of aryl methyl sites for hydroxylation is 4. The Kier molecular flexibility index (Phi) is 5.12. The molecule has 0 spiro atoms. The summed E-state index contributed by atoms with van der Waals surface area (Å²) in [5.41, 5.74) is 5.04. The summed E-state index contributed by atoms with van der Waals surface area (Å²) in [4.78, 5) is 25.2. The van der Waals surface area contributed by atoms with Crippen LogP contribution in [-0.4, -0.2) is 12.7 Å². The van der Waals surface area contributed by atoms with Crippen molar-refractivity contribution in [1.82, 2.24) is 5.32 Å². The first-order valence-corrected chi connectivity index (χ1v) is 10.9. The lowest BCUT2D eigenvalue weighted by atomic mass is 9.98. The second kappa shape index (κ2) is 7.99. The summed E-state index contributed by atoms with van der Waals surface area (Å²) >= 11 is 0. The second-order valence-corrected chi connectivity index (χ2v) is 8.50. The van der Waals surface area contributed by atoms with E-state index in [1.54, 1.807) is 0 Å². The molecule has 1 aliphatic rings. The first kappa shape index (κ1) is 21.1. The summed E-state index contributed by atoms with van der Waals surface area (Å²) < 4.78 is 22.3. The molecule has 0 saturated heterocycles. The number of nitrogens with one attached hydrogen (secondary N) is 1. The summed E-state index contributed by atoms with van der Waals surface area (Å²) in [5, 5.41) is 4.79. The van der Waals surface area contributed by atoms with Gasteiger partial charge in [-0.2, -0.15) is 0 Å².